The number of aryl methyl sites for hydroxylation is 2. The van der Waals surface area contributed by atoms with E-state index in [1.54, 1.807) is 13.2 Å². The van der Waals surface area contributed by atoms with Gasteiger partial charge in [-0.3, -0.25) is 9.59 Å². The lowest BCUT2D eigenvalue weighted by molar-refractivity contribution is -0.121. The van der Waals surface area contributed by atoms with Crippen LogP contribution in [0.2, 0.25) is 0 Å². The molecule has 0 unspecified atom stereocenters. The number of carbonyl (C=O) groups excluding carboxylic acids is 1. The molecule has 0 aliphatic heterocycles. The summed E-state index contributed by atoms with van der Waals surface area (Å²) in [6, 6.07) is 18.6. The summed E-state index contributed by atoms with van der Waals surface area (Å²) in [4.78, 5) is 24.3. The van der Waals surface area contributed by atoms with Gasteiger partial charge >= 0.3 is 0 Å². The molecule has 0 atom stereocenters. The van der Waals surface area contributed by atoms with Gasteiger partial charge in [0.2, 0.25) is 5.91 Å². The summed E-state index contributed by atoms with van der Waals surface area (Å²) in [5.41, 5.74) is 3.46. The van der Waals surface area contributed by atoms with Crippen molar-refractivity contribution in [2.45, 2.75) is 26.4 Å². The first-order valence-corrected chi connectivity index (χ1v) is 9.10. The second-order valence-corrected chi connectivity index (χ2v) is 6.48. The smallest absolute Gasteiger partial charge is 0.266 e. The first-order valence-electron chi connectivity index (χ1n) is 9.10. The molecule has 2 aromatic carbocycles. The summed E-state index contributed by atoms with van der Waals surface area (Å²) in [5, 5.41) is 7.25. The van der Waals surface area contributed by atoms with Crippen LogP contribution in [-0.2, 0) is 17.9 Å². The number of methoxy groups -OCH3 is 1. The number of para-hydroxylation sites is 1. The van der Waals surface area contributed by atoms with E-state index in [0.717, 1.165) is 22.4 Å². The molecule has 6 heteroatoms. The van der Waals surface area contributed by atoms with Gasteiger partial charge in [-0.15, -0.1) is 0 Å². The lowest BCUT2D eigenvalue weighted by Crippen LogP contribution is -2.28. The van der Waals surface area contributed by atoms with Gasteiger partial charge in [-0.1, -0.05) is 48.0 Å². The van der Waals surface area contributed by atoms with Crippen LogP contribution in [0.3, 0.4) is 0 Å². The fourth-order valence-corrected chi connectivity index (χ4v) is 2.83. The summed E-state index contributed by atoms with van der Waals surface area (Å²) < 4.78 is 6.61. The maximum Gasteiger partial charge on any atom is 0.266 e. The van der Waals surface area contributed by atoms with Crippen LogP contribution in [-0.4, -0.2) is 22.8 Å². The van der Waals surface area contributed by atoms with Gasteiger partial charge in [0, 0.05) is 30.2 Å². The molecule has 0 aliphatic carbocycles. The van der Waals surface area contributed by atoms with Crippen molar-refractivity contribution < 1.29 is 9.53 Å². The Morgan fingerprint density at radius 2 is 1.82 bits per heavy atom. The van der Waals surface area contributed by atoms with E-state index < -0.39 is 0 Å². The lowest BCUT2D eigenvalue weighted by atomic mass is 10.1. The largest absolute Gasteiger partial charge is 0.496 e. The standard InChI is InChI=1S/C22H23N3O3/c1-16-7-9-17(10-8-16)19-11-12-22(27)25(24-19)14-13-21(26)23-15-18-5-3-4-6-20(18)28-2/h3-12H,13-15H2,1-2H3,(H,23,26). The van der Waals surface area contributed by atoms with Crippen molar-refractivity contribution in [3.8, 4) is 17.0 Å². The van der Waals surface area contributed by atoms with Crippen molar-refractivity contribution in [3.63, 3.8) is 0 Å². The molecule has 1 amide bonds. The Labute approximate surface area is 163 Å². The van der Waals surface area contributed by atoms with Gasteiger partial charge in [0.15, 0.2) is 0 Å². The van der Waals surface area contributed by atoms with Crippen LogP contribution < -0.4 is 15.6 Å². The molecule has 1 aromatic heterocycles. The molecule has 1 heterocycles. The highest BCUT2D eigenvalue weighted by atomic mass is 16.5. The second-order valence-electron chi connectivity index (χ2n) is 6.48. The Morgan fingerprint density at radius 3 is 2.57 bits per heavy atom. The van der Waals surface area contributed by atoms with Gasteiger partial charge in [0.1, 0.15) is 5.75 Å². The van der Waals surface area contributed by atoms with Crippen LogP contribution in [0.4, 0.5) is 0 Å². The summed E-state index contributed by atoms with van der Waals surface area (Å²) in [7, 11) is 1.60. The quantitative estimate of drug-likeness (QED) is 0.687. The molecule has 0 fully saturated rings. The van der Waals surface area contributed by atoms with E-state index in [2.05, 4.69) is 10.4 Å². The van der Waals surface area contributed by atoms with Crippen LogP contribution in [0.5, 0.6) is 5.75 Å². The number of amides is 1. The van der Waals surface area contributed by atoms with E-state index in [9.17, 15) is 9.59 Å². The zero-order valence-corrected chi connectivity index (χ0v) is 16.0. The summed E-state index contributed by atoms with van der Waals surface area (Å²) >= 11 is 0. The van der Waals surface area contributed by atoms with E-state index in [1.165, 1.54) is 10.7 Å². The molecule has 0 aliphatic rings. The van der Waals surface area contributed by atoms with Crippen molar-refractivity contribution in [2.24, 2.45) is 0 Å². The van der Waals surface area contributed by atoms with Crippen LogP contribution in [0, 0.1) is 6.92 Å². The predicted molar refractivity (Wildman–Crippen MR) is 108 cm³/mol. The van der Waals surface area contributed by atoms with Gasteiger partial charge in [-0.05, 0) is 19.1 Å². The Balaban J connectivity index is 1.62. The molecule has 0 spiro atoms. The Bertz CT molecular complexity index is 1010. The van der Waals surface area contributed by atoms with Crippen LogP contribution in [0.25, 0.3) is 11.3 Å². The highest BCUT2D eigenvalue weighted by Crippen LogP contribution is 2.17. The predicted octanol–water partition coefficient (Wildman–Crippen LogP) is 2.93. The van der Waals surface area contributed by atoms with E-state index in [-0.39, 0.29) is 24.4 Å². The highest BCUT2D eigenvalue weighted by Gasteiger charge is 2.08. The fraction of sp³-hybridized carbons (Fsp3) is 0.227. The third-order valence-electron chi connectivity index (χ3n) is 4.43. The molecular weight excluding hydrogens is 354 g/mol. The molecule has 0 bridgehead atoms. The maximum atomic E-state index is 12.2. The number of benzene rings is 2. The molecule has 0 radical (unpaired) electrons. The number of ether oxygens (including phenoxy) is 1. The first kappa shape index (κ1) is 19.4. The van der Waals surface area contributed by atoms with Crippen LogP contribution in [0.1, 0.15) is 17.5 Å². The molecule has 1 N–H and O–H groups in total. The zero-order valence-electron chi connectivity index (χ0n) is 16.0. The van der Waals surface area contributed by atoms with Crippen LogP contribution in [0.15, 0.2) is 65.5 Å². The van der Waals surface area contributed by atoms with E-state index in [1.807, 2.05) is 55.5 Å². The van der Waals surface area contributed by atoms with Gasteiger partial charge in [0.25, 0.3) is 5.56 Å². The minimum Gasteiger partial charge on any atom is -0.496 e. The first-order chi connectivity index (χ1) is 13.6. The summed E-state index contributed by atoms with van der Waals surface area (Å²) in [5.74, 6) is 0.576. The summed E-state index contributed by atoms with van der Waals surface area (Å²) in [6.45, 7) is 2.60. The fourth-order valence-electron chi connectivity index (χ4n) is 2.83. The SMILES string of the molecule is COc1ccccc1CNC(=O)CCn1nc(-c2ccc(C)cc2)ccc1=O. The monoisotopic (exact) mass is 377 g/mol. The minimum atomic E-state index is -0.228. The van der Waals surface area contributed by atoms with Crippen molar-refractivity contribution in [3.05, 3.63) is 82.1 Å². The number of nitrogens with one attached hydrogen (secondary N) is 1. The van der Waals surface area contributed by atoms with Gasteiger partial charge in [-0.2, -0.15) is 5.10 Å². The molecular formula is C22H23N3O3. The molecule has 28 heavy (non-hydrogen) atoms. The third-order valence-corrected chi connectivity index (χ3v) is 4.43. The number of hydrogen-bond acceptors (Lipinski definition) is 4. The molecule has 144 valence electrons. The highest BCUT2D eigenvalue weighted by molar-refractivity contribution is 5.75. The molecule has 0 saturated heterocycles. The Hall–Kier alpha value is -3.41. The van der Waals surface area contributed by atoms with E-state index in [4.69, 9.17) is 4.74 Å². The Kier molecular flexibility index (Phi) is 6.22. The van der Waals surface area contributed by atoms with Gasteiger partial charge in [0.05, 0.1) is 19.3 Å². The van der Waals surface area contributed by atoms with Crippen LogP contribution >= 0.6 is 0 Å². The molecule has 3 aromatic rings. The van der Waals surface area contributed by atoms with Crippen molar-refractivity contribution in [2.75, 3.05) is 7.11 Å². The van der Waals surface area contributed by atoms with Crippen molar-refractivity contribution in [1.29, 1.82) is 0 Å². The average molecular weight is 377 g/mol. The number of hydrogen-bond donors (Lipinski definition) is 1. The van der Waals surface area contributed by atoms with Gasteiger partial charge < -0.3 is 10.1 Å². The second kappa shape index (κ2) is 8.99. The summed E-state index contributed by atoms with van der Waals surface area (Å²) in [6.07, 6.45) is 0.166. The topological polar surface area (TPSA) is 73.2 Å². The number of rotatable bonds is 7. The minimum absolute atomic E-state index is 0.152. The number of aromatic nitrogens is 2. The normalized spacial score (nSPS) is 10.5. The zero-order chi connectivity index (χ0) is 19.9. The van der Waals surface area contributed by atoms with E-state index in [0.29, 0.717) is 12.2 Å². The Morgan fingerprint density at radius 1 is 1.07 bits per heavy atom. The van der Waals surface area contributed by atoms with Gasteiger partial charge in [-0.25, -0.2) is 4.68 Å². The lowest BCUT2D eigenvalue weighted by Gasteiger charge is -2.10. The van der Waals surface area contributed by atoms with Crippen molar-refractivity contribution >= 4 is 5.91 Å². The molecule has 0 saturated carbocycles. The number of nitrogens with zero attached hydrogens (tertiary/aromatic N) is 2. The maximum absolute atomic E-state index is 12.2. The average Bonchev–Trinajstić information content (AvgIpc) is 2.72. The molecule has 3 rings (SSSR count). The van der Waals surface area contributed by atoms with E-state index >= 15 is 0 Å². The molecule has 6 nitrogen and oxygen atoms in total. The third kappa shape index (κ3) is 4.85. The van der Waals surface area contributed by atoms with Crippen molar-refractivity contribution in [1.82, 2.24) is 15.1 Å². The number of carbonyl (C=O) groups is 1.